The van der Waals surface area contributed by atoms with Gasteiger partial charge < -0.3 is 10.1 Å². The Labute approximate surface area is 191 Å². The molecule has 6 heteroatoms. The fraction of sp³-hybridized carbons (Fsp3) is 0.280. The Balaban J connectivity index is 1.81. The highest BCUT2D eigenvalue weighted by atomic mass is 35.5. The predicted octanol–water partition coefficient (Wildman–Crippen LogP) is 5.92. The Bertz CT molecular complexity index is 1100. The molecule has 2 aromatic carbocycles. The van der Waals surface area contributed by atoms with Crippen molar-refractivity contribution < 1.29 is 14.3 Å². The van der Waals surface area contributed by atoms with E-state index in [2.05, 4.69) is 5.32 Å². The van der Waals surface area contributed by atoms with Crippen LogP contribution in [-0.4, -0.2) is 18.4 Å². The van der Waals surface area contributed by atoms with Crippen LogP contribution >= 0.6 is 23.2 Å². The van der Waals surface area contributed by atoms with Gasteiger partial charge in [-0.15, -0.1) is 0 Å². The van der Waals surface area contributed by atoms with Crippen molar-refractivity contribution in [3.05, 3.63) is 92.2 Å². The number of ketones is 1. The van der Waals surface area contributed by atoms with Gasteiger partial charge in [0.2, 0.25) is 0 Å². The summed E-state index contributed by atoms with van der Waals surface area (Å²) in [6, 6.07) is 15.0. The van der Waals surface area contributed by atoms with E-state index < -0.39 is 11.9 Å². The third-order valence-electron chi connectivity index (χ3n) is 5.88. The van der Waals surface area contributed by atoms with Gasteiger partial charge in [0.15, 0.2) is 5.78 Å². The summed E-state index contributed by atoms with van der Waals surface area (Å²) in [5.74, 6) is -0.938. The second-order valence-corrected chi connectivity index (χ2v) is 8.65. The predicted molar refractivity (Wildman–Crippen MR) is 122 cm³/mol. The van der Waals surface area contributed by atoms with Crippen molar-refractivity contribution in [2.24, 2.45) is 0 Å². The molecule has 0 amide bonds. The zero-order valence-electron chi connectivity index (χ0n) is 17.4. The van der Waals surface area contributed by atoms with Gasteiger partial charge >= 0.3 is 5.97 Å². The molecule has 0 unspecified atom stereocenters. The molecule has 2 atom stereocenters. The van der Waals surface area contributed by atoms with Gasteiger partial charge in [-0.05, 0) is 55.5 Å². The fourth-order valence-corrected chi connectivity index (χ4v) is 4.88. The molecule has 4 nitrogen and oxygen atoms in total. The Morgan fingerprint density at radius 2 is 1.81 bits per heavy atom. The SMILES string of the molecule is CCOC(=O)C1=C(C)NC2=C(C(=O)C[C@H](c3ccc(Cl)cc3)C2)[C@H]1c1ccccc1Cl. The summed E-state index contributed by atoms with van der Waals surface area (Å²) >= 11 is 12.6. The standard InChI is InChI=1S/C25H23Cl2NO3/c1-3-31-25(30)22-14(2)28-20-12-16(15-8-10-17(26)11-9-15)13-21(29)24(20)23(22)18-6-4-5-7-19(18)27/h4-11,16,23,28H,3,12-13H2,1-2H3/t16-,23+/m1/s1. The van der Waals surface area contributed by atoms with Crippen LogP contribution in [0.25, 0.3) is 0 Å². The van der Waals surface area contributed by atoms with Crippen molar-refractivity contribution in [3.63, 3.8) is 0 Å². The summed E-state index contributed by atoms with van der Waals surface area (Å²) in [4.78, 5) is 26.4. The van der Waals surface area contributed by atoms with Gasteiger partial charge in [-0.2, -0.15) is 0 Å². The van der Waals surface area contributed by atoms with Crippen LogP contribution in [0.2, 0.25) is 10.0 Å². The number of hydrogen-bond acceptors (Lipinski definition) is 4. The summed E-state index contributed by atoms with van der Waals surface area (Å²) in [5.41, 5.74) is 4.37. The summed E-state index contributed by atoms with van der Waals surface area (Å²) in [6.45, 7) is 3.86. The third-order valence-corrected chi connectivity index (χ3v) is 6.48. The number of hydrogen-bond donors (Lipinski definition) is 1. The highest BCUT2D eigenvalue weighted by molar-refractivity contribution is 6.31. The lowest BCUT2D eigenvalue weighted by Crippen LogP contribution is -2.36. The van der Waals surface area contributed by atoms with E-state index in [1.807, 2.05) is 49.4 Å². The summed E-state index contributed by atoms with van der Waals surface area (Å²) in [6.07, 6.45) is 1.02. The normalized spacial score (nSPS) is 21.0. The number of carbonyl (C=O) groups is 2. The molecular weight excluding hydrogens is 433 g/mol. The highest BCUT2D eigenvalue weighted by Crippen LogP contribution is 2.47. The number of benzene rings is 2. The maximum absolute atomic E-state index is 13.5. The first-order valence-electron chi connectivity index (χ1n) is 10.3. The largest absolute Gasteiger partial charge is 0.463 e. The van der Waals surface area contributed by atoms with Crippen LogP contribution in [0, 0.1) is 0 Å². The number of carbonyl (C=O) groups excluding carboxylic acids is 2. The number of ether oxygens (including phenoxy) is 1. The number of esters is 1. The van der Waals surface area contributed by atoms with E-state index >= 15 is 0 Å². The van der Waals surface area contributed by atoms with E-state index in [-0.39, 0.29) is 18.3 Å². The third kappa shape index (κ3) is 4.15. The number of dihydropyridines is 1. The molecule has 0 bridgehead atoms. The molecule has 0 fully saturated rings. The topological polar surface area (TPSA) is 55.4 Å². The van der Waals surface area contributed by atoms with Crippen molar-refractivity contribution in [2.45, 2.75) is 38.5 Å². The number of allylic oxidation sites excluding steroid dienone is 3. The Hall–Kier alpha value is -2.56. The van der Waals surface area contributed by atoms with E-state index in [1.54, 1.807) is 13.0 Å². The molecule has 1 heterocycles. The number of Topliss-reactive ketones (excluding diaryl/α,β-unsaturated/α-hetero) is 1. The molecule has 0 spiro atoms. The Kier molecular flexibility index (Phi) is 6.22. The highest BCUT2D eigenvalue weighted by Gasteiger charge is 2.42. The first-order chi connectivity index (χ1) is 14.9. The zero-order chi connectivity index (χ0) is 22.1. The van der Waals surface area contributed by atoms with Crippen LogP contribution < -0.4 is 5.32 Å². The molecule has 31 heavy (non-hydrogen) atoms. The minimum Gasteiger partial charge on any atom is -0.463 e. The summed E-state index contributed by atoms with van der Waals surface area (Å²) in [7, 11) is 0. The van der Waals surface area contributed by atoms with E-state index in [0.717, 1.165) is 16.8 Å². The van der Waals surface area contributed by atoms with Crippen LogP contribution in [0.1, 0.15) is 49.7 Å². The lowest BCUT2D eigenvalue weighted by Gasteiger charge is -2.37. The average molecular weight is 456 g/mol. The lowest BCUT2D eigenvalue weighted by atomic mass is 9.71. The summed E-state index contributed by atoms with van der Waals surface area (Å²) in [5, 5.41) is 4.52. The molecule has 4 rings (SSSR count). The van der Waals surface area contributed by atoms with Crippen molar-refractivity contribution in [3.8, 4) is 0 Å². The number of nitrogens with one attached hydrogen (secondary N) is 1. The van der Waals surface area contributed by atoms with Crippen molar-refractivity contribution in [1.82, 2.24) is 5.32 Å². The molecule has 1 aliphatic carbocycles. The molecule has 1 N–H and O–H groups in total. The molecule has 1 aliphatic heterocycles. The van der Waals surface area contributed by atoms with Crippen LogP contribution in [0.5, 0.6) is 0 Å². The van der Waals surface area contributed by atoms with Crippen LogP contribution in [0.4, 0.5) is 0 Å². The first-order valence-corrected chi connectivity index (χ1v) is 11.1. The van der Waals surface area contributed by atoms with E-state index in [0.29, 0.717) is 39.7 Å². The van der Waals surface area contributed by atoms with Crippen LogP contribution in [0.15, 0.2) is 71.1 Å². The van der Waals surface area contributed by atoms with Crippen molar-refractivity contribution in [2.75, 3.05) is 6.61 Å². The minimum atomic E-state index is -0.553. The van der Waals surface area contributed by atoms with E-state index in [4.69, 9.17) is 27.9 Å². The molecule has 2 aromatic rings. The second-order valence-electron chi connectivity index (χ2n) is 7.81. The second kappa shape index (κ2) is 8.89. The zero-order valence-corrected chi connectivity index (χ0v) is 18.9. The number of halogens is 2. The molecular formula is C25H23Cl2NO3. The quantitative estimate of drug-likeness (QED) is 0.581. The van der Waals surface area contributed by atoms with Gasteiger partial charge in [0, 0.05) is 39.4 Å². The molecule has 0 radical (unpaired) electrons. The van der Waals surface area contributed by atoms with Gasteiger partial charge in [-0.1, -0.05) is 53.5 Å². The fourth-order valence-electron chi connectivity index (χ4n) is 4.51. The van der Waals surface area contributed by atoms with Gasteiger partial charge in [-0.3, -0.25) is 4.79 Å². The molecule has 0 saturated carbocycles. The average Bonchev–Trinajstić information content (AvgIpc) is 2.73. The minimum absolute atomic E-state index is 0.00733. The maximum Gasteiger partial charge on any atom is 0.336 e. The van der Waals surface area contributed by atoms with Gasteiger partial charge in [0.05, 0.1) is 12.2 Å². The monoisotopic (exact) mass is 455 g/mol. The van der Waals surface area contributed by atoms with Gasteiger partial charge in [0.25, 0.3) is 0 Å². The smallest absolute Gasteiger partial charge is 0.336 e. The van der Waals surface area contributed by atoms with Crippen LogP contribution in [-0.2, 0) is 14.3 Å². The first kappa shape index (κ1) is 21.7. The van der Waals surface area contributed by atoms with Crippen molar-refractivity contribution in [1.29, 1.82) is 0 Å². The Morgan fingerprint density at radius 1 is 1.10 bits per heavy atom. The van der Waals surface area contributed by atoms with Gasteiger partial charge in [0.1, 0.15) is 0 Å². The molecule has 0 saturated heterocycles. The number of rotatable bonds is 4. The van der Waals surface area contributed by atoms with E-state index in [1.165, 1.54) is 0 Å². The Morgan fingerprint density at radius 3 is 2.48 bits per heavy atom. The molecule has 160 valence electrons. The maximum atomic E-state index is 13.5. The molecule has 0 aromatic heterocycles. The van der Waals surface area contributed by atoms with Gasteiger partial charge in [-0.25, -0.2) is 4.79 Å². The van der Waals surface area contributed by atoms with E-state index in [9.17, 15) is 9.59 Å². The van der Waals surface area contributed by atoms with Crippen LogP contribution in [0.3, 0.4) is 0 Å². The lowest BCUT2D eigenvalue weighted by molar-refractivity contribution is -0.138. The summed E-state index contributed by atoms with van der Waals surface area (Å²) < 4.78 is 5.33. The molecule has 2 aliphatic rings. The van der Waals surface area contributed by atoms with Crippen molar-refractivity contribution >= 4 is 35.0 Å².